The number of fused-ring (bicyclic) bond motifs is 1. The van der Waals surface area contributed by atoms with Gasteiger partial charge in [0.25, 0.3) is 0 Å². The van der Waals surface area contributed by atoms with E-state index in [4.69, 9.17) is 4.42 Å². The lowest BCUT2D eigenvalue weighted by Crippen LogP contribution is -2.26. The second-order valence-electron chi connectivity index (χ2n) is 4.40. The fourth-order valence-electron chi connectivity index (χ4n) is 1.92. The van der Waals surface area contributed by atoms with Gasteiger partial charge in [-0.25, -0.2) is 17.9 Å². The van der Waals surface area contributed by atoms with E-state index < -0.39 is 15.8 Å². The average Bonchev–Trinajstić information content (AvgIpc) is 3.05. The number of H-pyrrole nitrogens is 2. The highest BCUT2D eigenvalue weighted by Gasteiger charge is 2.15. The van der Waals surface area contributed by atoms with E-state index in [1.54, 1.807) is 12.3 Å². The molecule has 2 heterocycles. The number of sulfonamides is 1. The van der Waals surface area contributed by atoms with Gasteiger partial charge >= 0.3 is 5.76 Å². The Morgan fingerprint density at radius 2 is 2.14 bits per heavy atom. The summed E-state index contributed by atoms with van der Waals surface area (Å²) in [5.74, 6) is -0.619. The minimum absolute atomic E-state index is 0.0439. The van der Waals surface area contributed by atoms with Crippen molar-refractivity contribution in [3.63, 3.8) is 0 Å². The van der Waals surface area contributed by atoms with Crippen molar-refractivity contribution in [3.8, 4) is 0 Å². The van der Waals surface area contributed by atoms with Crippen molar-refractivity contribution in [1.82, 2.24) is 19.9 Å². The average molecular weight is 308 g/mol. The van der Waals surface area contributed by atoms with Crippen LogP contribution in [0.5, 0.6) is 0 Å². The second kappa shape index (κ2) is 5.19. The summed E-state index contributed by atoms with van der Waals surface area (Å²) in [6.45, 7) is 0.236. The van der Waals surface area contributed by atoms with Crippen LogP contribution in [0.15, 0.2) is 44.6 Å². The van der Waals surface area contributed by atoms with E-state index in [2.05, 4.69) is 19.9 Å². The third-order valence-electron chi connectivity index (χ3n) is 2.95. The molecule has 8 nitrogen and oxygen atoms in total. The van der Waals surface area contributed by atoms with Crippen molar-refractivity contribution in [3.05, 3.63) is 46.7 Å². The maximum Gasteiger partial charge on any atom is 0.417 e. The highest BCUT2D eigenvalue weighted by Crippen LogP contribution is 2.16. The molecule has 0 bridgehead atoms. The summed E-state index contributed by atoms with van der Waals surface area (Å²) in [5.41, 5.74) is 1.50. The van der Waals surface area contributed by atoms with E-state index in [9.17, 15) is 13.2 Å². The van der Waals surface area contributed by atoms with E-state index in [0.29, 0.717) is 11.9 Å². The Hall–Kier alpha value is -2.39. The van der Waals surface area contributed by atoms with Gasteiger partial charge < -0.3 is 4.42 Å². The molecule has 110 valence electrons. The first kappa shape index (κ1) is 13.6. The first-order valence-electron chi connectivity index (χ1n) is 6.15. The summed E-state index contributed by atoms with van der Waals surface area (Å²) in [4.78, 5) is 13.6. The number of rotatable bonds is 5. The molecule has 0 spiro atoms. The van der Waals surface area contributed by atoms with Gasteiger partial charge in [-0.3, -0.25) is 10.1 Å². The monoisotopic (exact) mass is 308 g/mol. The predicted octanol–water partition coefficient (Wildman–Crippen LogP) is 0.365. The smallest absolute Gasteiger partial charge is 0.408 e. The first-order valence-corrected chi connectivity index (χ1v) is 7.64. The number of nitrogens with one attached hydrogen (secondary N) is 3. The van der Waals surface area contributed by atoms with Gasteiger partial charge in [-0.2, -0.15) is 5.10 Å². The largest absolute Gasteiger partial charge is 0.417 e. The van der Waals surface area contributed by atoms with Gasteiger partial charge in [0.2, 0.25) is 10.0 Å². The summed E-state index contributed by atoms with van der Waals surface area (Å²) < 4.78 is 31.6. The topological polar surface area (TPSA) is 121 Å². The highest BCUT2D eigenvalue weighted by molar-refractivity contribution is 7.89. The van der Waals surface area contributed by atoms with Crippen LogP contribution >= 0.6 is 0 Å². The Labute approximate surface area is 119 Å². The minimum atomic E-state index is -3.66. The quantitative estimate of drug-likeness (QED) is 0.628. The Balaban J connectivity index is 1.77. The van der Waals surface area contributed by atoms with E-state index in [0.717, 1.165) is 5.69 Å². The van der Waals surface area contributed by atoms with Crippen LogP contribution in [0.2, 0.25) is 0 Å². The van der Waals surface area contributed by atoms with E-state index in [1.165, 1.54) is 18.2 Å². The molecule has 2 aromatic heterocycles. The number of hydrogen-bond acceptors (Lipinski definition) is 5. The van der Waals surface area contributed by atoms with E-state index >= 15 is 0 Å². The van der Waals surface area contributed by atoms with Crippen LogP contribution in [0.25, 0.3) is 11.1 Å². The van der Waals surface area contributed by atoms with Gasteiger partial charge in [0.15, 0.2) is 5.58 Å². The molecule has 0 saturated heterocycles. The number of aromatic amines is 2. The molecule has 0 unspecified atom stereocenters. The van der Waals surface area contributed by atoms with Crippen molar-refractivity contribution in [2.75, 3.05) is 6.54 Å². The summed E-state index contributed by atoms with van der Waals surface area (Å²) in [6.07, 6.45) is 2.10. The third-order valence-corrected chi connectivity index (χ3v) is 4.41. The molecule has 1 aromatic carbocycles. The zero-order valence-corrected chi connectivity index (χ0v) is 11.6. The molecule has 0 aliphatic carbocycles. The summed E-state index contributed by atoms with van der Waals surface area (Å²) >= 11 is 0. The number of nitrogens with zero attached hydrogens (tertiary/aromatic N) is 1. The zero-order valence-electron chi connectivity index (χ0n) is 10.8. The van der Waals surface area contributed by atoms with Gasteiger partial charge in [-0.1, -0.05) is 0 Å². The molecular formula is C12H12N4O4S. The van der Waals surface area contributed by atoms with Crippen LogP contribution in [0.4, 0.5) is 0 Å². The molecule has 0 aliphatic heterocycles. The number of oxazole rings is 1. The molecule has 0 saturated carbocycles. The summed E-state index contributed by atoms with van der Waals surface area (Å²) in [5, 5.41) is 6.54. The molecule has 3 N–H and O–H groups in total. The van der Waals surface area contributed by atoms with Gasteiger partial charge in [0.1, 0.15) is 0 Å². The number of hydrogen-bond donors (Lipinski definition) is 3. The van der Waals surface area contributed by atoms with Crippen LogP contribution < -0.4 is 10.5 Å². The second-order valence-corrected chi connectivity index (χ2v) is 6.17. The number of aromatic nitrogens is 3. The summed E-state index contributed by atoms with van der Waals surface area (Å²) in [7, 11) is -3.66. The van der Waals surface area contributed by atoms with Crippen LogP contribution in [0, 0.1) is 0 Å². The SMILES string of the molecule is O=c1[nH]c2ccc(S(=O)(=O)NCCc3ccn[nH]3)cc2o1. The highest BCUT2D eigenvalue weighted by atomic mass is 32.2. The van der Waals surface area contributed by atoms with Crippen molar-refractivity contribution in [2.24, 2.45) is 0 Å². The fourth-order valence-corrected chi connectivity index (χ4v) is 2.97. The maximum atomic E-state index is 12.1. The zero-order chi connectivity index (χ0) is 14.9. The van der Waals surface area contributed by atoms with E-state index in [-0.39, 0.29) is 17.0 Å². The molecule has 0 atom stereocenters. The van der Waals surface area contributed by atoms with Gasteiger partial charge in [0, 0.05) is 30.9 Å². The van der Waals surface area contributed by atoms with Crippen molar-refractivity contribution < 1.29 is 12.8 Å². The van der Waals surface area contributed by atoms with Gasteiger partial charge in [-0.05, 0) is 18.2 Å². The van der Waals surface area contributed by atoms with Crippen molar-refractivity contribution >= 4 is 21.1 Å². The predicted molar refractivity (Wildman–Crippen MR) is 74.3 cm³/mol. The van der Waals surface area contributed by atoms with Gasteiger partial charge in [0.05, 0.1) is 10.4 Å². The van der Waals surface area contributed by atoms with E-state index in [1.807, 2.05) is 0 Å². The summed E-state index contributed by atoms with van der Waals surface area (Å²) in [6, 6.07) is 5.98. The fraction of sp³-hybridized carbons (Fsp3) is 0.167. The molecule has 0 radical (unpaired) electrons. The van der Waals surface area contributed by atoms with Crippen LogP contribution in [-0.2, 0) is 16.4 Å². The maximum absolute atomic E-state index is 12.1. The van der Waals surface area contributed by atoms with Crippen LogP contribution in [0.3, 0.4) is 0 Å². The normalized spacial score (nSPS) is 12.0. The Kier molecular flexibility index (Phi) is 3.35. The molecule has 3 aromatic rings. The molecule has 0 amide bonds. The Morgan fingerprint density at radius 1 is 1.29 bits per heavy atom. The first-order chi connectivity index (χ1) is 10.0. The van der Waals surface area contributed by atoms with Crippen LogP contribution in [0.1, 0.15) is 5.69 Å². The molecule has 9 heteroatoms. The Bertz CT molecular complexity index is 908. The third kappa shape index (κ3) is 2.88. The molecule has 3 rings (SSSR count). The number of benzene rings is 1. The minimum Gasteiger partial charge on any atom is -0.408 e. The Morgan fingerprint density at radius 3 is 2.90 bits per heavy atom. The molecule has 0 fully saturated rings. The lowest BCUT2D eigenvalue weighted by Gasteiger charge is -2.05. The molecular weight excluding hydrogens is 296 g/mol. The van der Waals surface area contributed by atoms with Crippen molar-refractivity contribution in [1.29, 1.82) is 0 Å². The lowest BCUT2D eigenvalue weighted by molar-refractivity contribution is 0.553. The standard InChI is InChI=1S/C12H12N4O4S/c17-12-15-10-2-1-9(7-11(10)20-12)21(18,19)14-6-4-8-3-5-13-16-8/h1-3,5,7,14H,4,6H2,(H,13,16)(H,15,17). The van der Waals surface area contributed by atoms with Crippen molar-refractivity contribution in [2.45, 2.75) is 11.3 Å². The van der Waals surface area contributed by atoms with Crippen LogP contribution in [-0.4, -0.2) is 30.1 Å². The molecule has 0 aliphatic rings. The lowest BCUT2D eigenvalue weighted by atomic mass is 10.3. The van der Waals surface area contributed by atoms with Gasteiger partial charge in [-0.15, -0.1) is 0 Å². The molecule has 21 heavy (non-hydrogen) atoms.